The number of fused-ring (bicyclic) bond motifs is 1. The summed E-state index contributed by atoms with van der Waals surface area (Å²) in [6.07, 6.45) is 2.54. The Morgan fingerprint density at radius 3 is 2.92 bits per heavy atom. The van der Waals surface area contributed by atoms with E-state index in [9.17, 15) is 4.79 Å². The summed E-state index contributed by atoms with van der Waals surface area (Å²) in [7, 11) is 3.16. The maximum atomic E-state index is 12.1. The van der Waals surface area contributed by atoms with Gasteiger partial charge in [-0.05, 0) is 17.7 Å². The van der Waals surface area contributed by atoms with E-state index in [-0.39, 0.29) is 5.91 Å². The maximum absolute atomic E-state index is 12.1. The highest BCUT2D eigenvalue weighted by atomic mass is 32.1. The minimum atomic E-state index is -0.0349. The first-order valence-electron chi connectivity index (χ1n) is 7.45. The minimum Gasteiger partial charge on any atom is -0.493 e. The van der Waals surface area contributed by atoms with Crippen molar-refractivity contribution in [2.24, 2.45) is 0 Å². The van der Waals surface area contributed by atoms with E-state index in [4.69, 9.17) is 9.47 Å². The summed E-state index contributed by atoms with van der Waals surface area (Å²) in [4.78, 5) is 17.1. The molecule has 0 radical (unpaired) electrons. The predicted molar refractivity (Wildman–Crippen MR) is 90.8 cm³/mol. The van der Waals surface area contributed by atoms with Gasteiger partial charge >= 0.3 is 0 Å². The highest BCUT2D eigenvalue weighted by Crippen LogP contribution is 2.27. The molecule has 0 atom stereocenters. The number of carbonyl (C=O) groups excluding carboxylic acids is 1. The van der Waals surface area contributed by atoms with E-state index >= 15 is 0 Å². The van der Waals surface area contributed by atoms with E-state index in [0.717, 1.165) is 16.2 Å². The second kappa shape index (κ2) is 7.31. The fourth-order valence-electron chi connectivity index (χ4n) is 2.41. The molecule has 2 aromatic heterocycles. The summed E-state index contributed by atoms with van der Waals surface area (Å²) in [5.74, 6) is 1.23. The third kappa shape index (κ3) is 3.48. The number of thiazole rings is 1. The van der Waals surface area contributed by atoms with E-state index in [1.807, 2.05) is 17.5 Å². The molecule has 0 aliphatic rings. The zero-order chi connectivity index (χ0) is 16.9. The van der Waals surface area contributed by atoms with Gasteiger partial charge in [-0.2, -0.15) is 5.10 Å². The van der Waals surface area contributed by atoms with Crippen molar-refractivity contribution in [1.29, 1.82) is 0 Å². The fraction of sp³-hybridized carbons (Fsp3) is 0.312. The Hall–Kier alpha value is -2.61. The molecule has 1 amide bonds. The smallest absolute Gasteiger partial charge is 0.224 e. The summed E-state index contributed by atoms with van der Waals surface area (Å²) in [6.45, 7) is 0.553. The van der Waals surface area contributed by atoms with Gasteiger partial charge in [0, 0.05) is 18.3 Å². The SMILES string of the molecule is COc1ccc(CC(=O)NCCc2csc3ncnn23)cc1OC. The number of amides is 1. The summed E-state index contributed by atoms with van der Waals surface area (Å²) >= 11 is 1.54. The number of ether oxygens (including phenoxy) is 2. The van der Waals surface area contributed by atoms with E-state index in [2.05, 4.69) is 15.4 Å². The minimum absolute atomic E-state index is 0.0349. The van der Waals surface area contributed by atoms with Gasteiger partial charge in [0.2, 0.25) is 10.9 Å². The van der Waals surface area contributed by atoms with Crippen LogP contribution in [0.3, 0.4) is 0 Å². The summed E-state index contributed by atoms with van der Waals surface area (Å²) in [5, 5.41) is 9.09. The standard InChI is InChI=1S/C16H18N4O3S/c1-22-13-4-3-11(7-14(13)23-2)8-15(21)17-6-5-12-9-24-16-18-10-19-20(12)16/h3-4,7,9-10H,5-6,8H2,1-2H3,(H,17,21). The third-order valence-electron chi connectivity index (χ3n) is 3.60. The number of hydrogen-bond donors (Lipinski definition) is 1. The molecule has 2 heterocycles. The van der Waals surface area contributed by atoms with Crippen LogP contribution in [0.4, 0.5) is 0 Å². The molecular weight excluding hydrogens is 328 g/mol. The normalized spacial score (nSPS) is 10.8. The Bertz CT molecular complexity index is 843. The van der Waals surface area contributed by atoms with Crippen molar-refractivity contribution in [3.63, 3.8) is 0 Å². The number of methoxy groups -OCH3 is 2. The van der Waals surface area contributed by atoms with Gasteiger partial charge in [0.1, 0.15) is 6.33 Å². The molecule has 0 aliphatic carbocycles. The molecule has 24 heavy (non-hydrogen) atoms. The Morgan fingerprint density at radius 1 is 1.29 bits per heavy atom. The summed E-state index contributed by atoms with van der Waals surface area (Å²) < 4.78 is 12.2. The molecule has 0 fully saturated rings. The first kappa shape index (κ1) is 16.3. The number of nitrogens with zero attached hydrogens (tertiary/aromatic N) is 3. The topological polar surface area (TPSA) is 77.8 Å². The first-order valence-corrected chi connectivity index (χ1v) is 8.33. The van der Waals surface area contributed by atoms with Crippen LogP contribution in [0.25, 0.3) is 4.96 Å². The van der Waals surface area contributed by atoms with Crippen molar-refractivity contribution in [2.45, 2.75) is 12.8 Å². The lowest BCUT2D eigenvalue weighted by molar-refractivity contribution is -0.120. The number of nitrogens with one attached hydrogen (secondary N) is 1. The Morgan fingerprint density at radius 2 is 2.12 bits per heavy atom. The van der Waals surface area contributed by atoms with Crippen LogP contribution in [-0.4, -0.2) is 41.3 Å². The molecular formula is C16H18N4O3S. The van der Waals surface area contributed by atoms with Crippen molar-refractivity contribution < 1.29 is 14.3 Å². The van der Waals surface area contributed by atoms with Crippen molar-refractivity contribution >= 4 is 22.2 Å². The molecule has 1 N–H and O–H groups in total. The second-order valence-electron chi connectivity index (χ2n) is 5.15. The van der Waals surface area contributed by atoms with Crippen molar-refractivity contribution in [3.05, 3.63) is 41.2 Å². The maximum Gasteiger partial charge on any atom is 0.224 e. The Balaban J connectivity index is 1.53. The van der Waals surface area contributed by atoms with Crippen LogP contribution < -0.4 is 14.8 Å². The van der Waals surface area contributed by atoms with Crippen molar-refractivity contribution in [2.75, 3.05) is 20.8 Å². The molecule has 0 bridgehead atoms. The fourth-order valence-corrected chi connectivity index (χ4v) is 3.24. The molecule has 3 rings (SSSR count). The lowest BCUT2D eigenvalue weighted by Crippen LogP contribution is -2.27. The number of carbonyl (C=O) groups is 1. The average molecular weight is 346 g/mol. The predicted octanol–water partition coefficient (Wildman–Crippen LogP) is 1.71. The molecule has 126 valence electrons. The first-order chi connectivity index (χ1) is 11.7. The van der Waals surface area contributed by atoms with Gasteiger partial charge in [0.25, 0.3) is 0 Å². The lowest BCUT2D eigenvalue weighted by Gasteiger charge is -2.10. The molecule has 0 spiro atoms. The third-order valence-corrected chi connectivity index (χ3v) is 4.48. The molecule has 3 aromatic rings. The molecule has 0 saturated heterocycles. The van der Waals surface area contributed by atoms with Crippen LogP contribution >= 0.6 is 11.3 Å². The van der Waals surface area contributed by atoms with Crippen LogP contribution in [0, 0.1) is 0 Å². The van der Waals surface area contributed by atoms with Gasteiger partial charge in [0.15, 0.2) is 11.5 Å². The van der Waals surface area contributed by atoms with Gasteiger partial charge < -0.3 is 14.8 Å². The molecule has 0 unspecified atom stereocenters. The van der Waals surface area contributed by atoms with Crippen molar-refractivity contribution in [3.8, 4) is 11.5 Å². The molecule has 8 heteroatoms. The van der Waals surface area contributed by atoms with E-state index in [0.29, 0.717) is 30.9 Å². The second-order valence-corrected chi connectivity index (χ2v) is 5.98. The van der Waals surface area contributed by atoms with Gasteiger partial charge in [-0.25, -0.2) is 9.50 Å². The molecule has 1 aromatic carbocycles. The van der Waals surface area contributed by atoms with Crippen LogP contribution in [0.15, 0.2) is 29.9 Å². The number of benzene rings is 1. The molecule has 0 aliphatic heterocycles. The average Bonchev–Trinajstić information content (AvgIpc) is 3.19. The highest BCUT2D eigenvalue weighted by Gasteiger charge is 2.09. The summed E-state index contributed by atoms with van der Waals surface area (Å²) in [5.41, 5.74) is 1.92. The van der Waals surface area contributed by atoms with Crippen LogP contribution in [-0.2, 0) is 17.6 Å². The Labute approximate surface area is 143 Å². The molecule has 7 nitrogen and oxygen atoms in total. The van der Waals surface area contributed by atoms with Crippen LogP contribution in [0.5, 0.6) is 11.5 Å². The Kier molecular flexibility index (Phi) is 4.95. The van der Waals surface area contributed by atoms with Gasteiger partial charge in [0.05, 0.1) is 26.3 Å². The van der Waals surface area contributed by atoms with E-state index in [1.54, 1.807) is 36.1 Å². The number of hydrogen-bond acceptors (Lipinski definition) is 6. The molecule has 0 saturated carbocycles. The lowest BCUT2D eigenvalue weighted by atomic mass is 10.1. The zero-order valence-electron chi connectivity index (χ0n) is 13.5. The van der Waals surface area contributed by atoms with Crippen LogP contribution in [0.1, 0.15) is 11.3 Å². The number of aromatic nitrogens is 3. The largest absolute Gasteiger partial charge is 0.493 e. The van der Waals surface area contributed by atoms with Crippen molar-refractivity contribution in [1.82, 2.24) is 19.9 Å². The zero-order valence-corrected chi connectivity index (χ0v) is 14.3. The number of rotatable bonds is 7. The van der Waals surface area contributed by atoms with Gasteiger partial charge in [-0.15, -0.1) is 11.3 Å². The highest BCUT2D eigenvalue weighted by molar-refractivity contribution is 7.15. The van der Waals surface area contributed by atoms with E-state index < -0.39 is 0 Å². The quantitative estimate of drug-likeness (QED) is 0.705. The van der Waals surface area contributed by atoms with Gasteiger partial charge in [-0.3, -0.25) is 4.79 Å². The monoisotopic (exact) mass is 346 g/mol. The van der Waals surface area contributed by atoms with Gasteiger partial charge in [-0.1, -0.05) is 6.07 Å². The van der Waals surface area contributed by atoms with Crippen LogP contribution in [0.2, 0.25) is 0 Å². The van der Waals surface area contributed by atoms with E-state index in [1.165, 1.54) is 6.33 Å². The summed E-state index contributed by atoms with van der Waals surface area (Å²) in [6, 6.07) is 5.48.